The predicted octanol–water partition coefficient (Wildman–Crippen LogP) is 1.79. The number of halogens is 1. The molecule has 0 unspecified atom stereocenters. The minimum absolute atomic E-state index is 0.0892. The van der Waals surface area contributed by atoms with E-state index in [9.17, 15) is 18.0 Å². The molecule has 0 saturated carbocycles. The van der Waals surface area contributed by atoms with Crippen molar-refractivity contribution in [3.05, 3.63) is 53.1 Å². The van der Waals surface area contributed by atoms with Crippen LogP contribution in [0.1, 0.15) is 5.56 Å². The molecule has 8 nitrogen and oxygen atoms in total. The molecule has 0 spiro atoms. The third-order valence-corrected chi connectivity index (χ3v) is 4.55. The Bertz CT molecular complexity index is 945. The molecule has 0 atom stereocenters. The van der Waals surface area contributed by atoms with Gasteiger partial charge in [-0.1, -0.05) is 11.6 Å². The van der Waals surface area contributed by atoms with Gasteiger partial charge in [-0.15, -0.1) is 0 Å². The Balaban J connectivity index is 2.18. The Labute approximate surface area is 155 Å². The zero-order chi connectivity index (χ0) is 19.5. The highest BCUT2D eigenvalue weighted by Crippen LogP contribution is 2.22. The number of primary amides is 1. The number of hydrogen-bond donors (Lipinski definition) is 2. The van der Waals surface area contributed by atoms with Crippen LogP contribution in [0, 0.1) is 6.92 Å². The standard InChI is InChI=1S/C16H16ClN3O5S/c1-10-8-11(17)2-7-14(10)25-9-15(21)20(16(18)22)12-3-5-13(6-4-12)26(19,23)24/h2-8H,9H2,1H3,(H2,18,22)(H2,19,23,24). The molecule has 2 rings (SSSR count). The second-order valence-corrected chi connectivity index (χ2v) is 7.30. The number of sulfonamides is 1. The number of anilines is 1. The van der Waals surface area contributed by atoms with Crippen LogP contribution in [0.5, 0.6) is 5.75 Å². The molecule has 0 saturated heterocycles. The first kappa shape index (κ1) is 19.7. The van der Waals surface area contributed by atoms with Crippen LogP contribution in [0.15, 0.2) is 47.4 Å². The molecule has 0 heterocycles. The van der Waals surface area contributed by atoms with Crippen LogP contribution in [-0.4, -0.2) is 27.0 Å². The van der Waals surface area contributed by atoms with Gasteiger partial charge < -0.3 is 10.5 Å². The molecular formula is C16H16ClN3O5S. The van der Waals surface area contributed by atoms with E-state index >= 15 is 0 Å². The Morgan fingerprint density at radius 1 is 1.15 bits per heavy atom. The lowest BCUT2D eigenvalue weighted by Crippen LogP contribution is -2.43. The largest absolute Gasteiger partial charge is 0.483 e. The fourth-order valence-corrected chi connectivity index (χ4v) is 2.90. The molecule has 0 aromatic heterocycles. The Hall–Kier alpha value is -2.62. The number of carbonyl (C=O) groups is 2. The molecule has 26 heavy (non-hydrogen) atoms. The molecule has 4 N–H and O–H groups in total. The van der Waals surface area contributed by atoms with Crippen molar-refractivity contribution in [1.29, 1.82) is 0 Å². The minimum Gasteiger partial charge on any atom is -0.483 e. The van der Waals surface area contributed by atoms with Crippen LogP contribution in [0.3, 0.4) is 0 Å². The van der Waals surface area contributed by atoms with Gasteiger partial charge in [0.15, 0.2) is 6.61 Å². The number of nitrogens with zero attached hydrogens (tertiary/aromatic N) is 1. The van der Waals surface area contributed by atoms with Crippen LogP contribution in [0.2, 0.25) is 5.02 Å². The first-order valence-electron chi connectivity index (χ1n) is 7.24. The van der Waals surface area contributed by atoms with Crippen LogP contribution < -0.4 is 20.5 Å². The van der Waals surface area contributed by atoms with Gasteiger partial charge in [0.2, 0.25) is 10.0 Å². The van der Waals surface area contributed by atoms with Crippen molar-refractivity contribution in [3.63, 3.8) is 0 Å². The minimum atomic E-state index is -3.90. The Morgan fingerprint density at radius 2 is 1.77 bits per heavy atom. The lowest BCUT2D eigenvalue weighted by atomic mass is 10.2. The maximum Gasteiger partial charge on any atom is 0.326 e. The number of primary sulfonamides is 1. The van der Waals surface area contributed by atoms with Crippen molar-refractivity contribution >= 4 is 39.2 Å². The molecule has 2 aromatic rings. The van der Waals surface area contributed by atoms with Gasteiger partial charge in [-0.05, 0) is 55.0 Å². The van der Waals surface area contributed by atoms with E-state index in [1.807, 2.05) is 0 Å². The number of nitrogens with two attached hydrogens (primary N) is 2. The summed E-state index contributed by atoms with van der Waals surface area (Å²) in [6.07, 6.45) is 0. The van der Waals surface area contributed by atoms with Crippen molar-refractivity contribution in [1.82, 2.24) is 0 Å². The molecule has 0 aliphatic rings. The third-order valence-electron chi connectivity index (χ3n) is 3.38. The highest BCUT2D eigenvalue weighted by Gasteiger charge is 2.22. The molecule has 0 fully saturated rings. The zero-order valence-electron chi connectivity index (χ0n) is 13.7. The normalized spacial score (nSPS) is 11.0. The summed E-state index contributed by atoms with van der Waals surface area (Å²) >= 11 is 5.85. The average molecular weight is 398 g/mol. The molecular weight excluding hydrogens is 382 g/mol. The molecule has 0 bridgehead atoms. The molecule has 0 aliphatic heterocycles. The van der Waals surface area contributed by atoms with Gasteiger partial charge in [-0.2, -0.15) is 0 Å². The van der Waals surface area contributed by atoms with Crippen LogP contribution >= 0.6 is 11.6 Å². The van der Waals surface area contributed by atoms with Gasteiger partial charge in [0, 0.05) is 5.02 Å². The smallest absolute Gasteiger partial charge is 0.326 e. The number of urea groups is 1. The summed E-state index contributed by atoms with van der Waals surface area (Å²) in [5.41, 5.74) is 6.07. The van der Waals surface area contributed by atoms with Gasteiger partial charge in [-0.3, -0.25) is 4.79 Å². The second kappa shape index (κ2) is 7.73. The van der Waals surface area contributed by atoms with Crippen molar-refractivity contribution in [2.75, 3.05) is 11.5 Å². The molecule has 3 amide bonds. The lowest BCUT2D eigenvalue weighted by molar-refractivity contribution is -0.119. The first-order chi connectivity index (χ1) is 12.1. The van der Waals surface area contributed by atoms with Crippen LogP contribution in [0.4, 0.5) is 10.5 Å². The van der Waals surface area contributed by atoms with Gasteiger partial charge in [-0.25, -0.2) is 23.3 Å². The number of hydrogen-bond acceptors (Lipinski definition) is 5. The fourth-order valence-electron chi connectivity index (χ4n) is 2.16. The molecule has 138 valence electrons. The summed E-state index contributed by atoms with van der Waals surface area (Å²) in [5.74, 6) is -0.299. The van der Waals surface area contributed by atoms with E-state index in [0.717, 1.165) is 12.1 Å². The quantitative estimate of drug-likeness (QED) is 0.793. The van der Waals surface area contributed by atoms with Crippen molar-refractivity contribution < 1.29 is 22.7 Å². The predicted molar refractivity (Wildman–Crippen MR) is 96.6 cm³/mol. The number of ether oxygens (including phenoxy) is 1. The average Bonchev–Trinajstić information content (AvgIpc) is 2.53. The Kier molecular flexibility index (Phi) is 5.86. The highest BCUT2D eigenvalue weighted by atomic mass is 35.5. The summed E-state index contributed by atoms with van der Waals surface area (Å²) < 4.78 is 28.0. The number of rotatable bonds is 5. The molecule has 0 aliphatic carbocycles. The fraction of sp³-hybridized carbons (Fsp3) is 0.125. The van der Waals surface area contributed by atoms with E-state index in [0.29, 0.717) is 21.2 Å². The van der Waals surface area contributed by atoms with Gasteiger partial charge in [0.05, 0.1) is 10.6 Å². The highest BCUT2D eigenvalue weighted by molar-refractivity contribution is 7.89. The van der Waals surface area contributed by atoms with E-state index in [-0.39, 0.29) is 10.6 Å². The maximum absolute atomic E-state index is 12.3. The number of amides is 3. The molecule has 10 heteroatoms. The van der Waals surface area contributed by atoms with Gasteiger partial charge >= 0.3 is 6.03 Å². The maximum atomic E-state index is 12.3. The number of benzene rings is 2. The number of aryl methyl sites for hydroxylation is 1. The van der Waals surface area contributed by atoms with Gasteiger partial charge in [0.25, 0.3) is 5.91 Å². The second-order valence-electron chi connectivity index (χ2n) is 5.30. The van der Waals surface area contributed by atoms with E-state index in [4.69, 9.17) is 27.2 Å². The third kappa shape index (κ3) is 4.72. The lowest BCUT2D eigenvalue weighted by Gasteiger charge is -2.19. The first-order valence-corrected chi connectivity index (χ1v) is 9.16. The van der Waals surface area contributed by atoms with E-state index in [1.165, 1.54) is 12.1 Å². The zero-order valence-corrected chi connectivity index (χ0v) is 15.3. The van der Waals surface area contributed by atoms with E-state index in [2.05, 4.69) is 0 Å². The Morgan fingerprint density at radius 3 is 2.27 bits per heavy atom. The number of imide groups is 1. The van der Waals surface area contributed by atoms with Crippen molar-refractivity contribution in [3.8, 4) is 5.75 Å². The monoisotopic (exact) mass is 397 g/mol. The molecule has 2 aromatic carbocycles. The van der Waals surface area contributed by atoms with Crippen molar-refractivity contribution in [2.45, 2.75) is 11.8 Å². The van der Waals surface area contributed by atoms with Crippen molar-refractivity contribution in [2.24, 2.45) is 10.9 Å². The van der Waals surface area contributed by atoms with Crippen LogP contribution in [-0.2, 0) is 14.8 Å². The van der Waals surface area contributed by atoms with E-state index in [1.54, 1.807) is 25.1 Å². The summed E-state index contributed by atoms with van der Waals surface area (Å²) in [7, 11) is -3.90. The summed E-state index contributed by atoms with van der Waals surface area (Å²) in [6, 6.07) is 8.66. The number of carbonyl (C=O) groups excluding carboxylic acids is 2. The summed E-state index contributed by atoms with van der Waals surface area (Å²) in [5, 5.41) is 5.53. The van der Waals surface area contributed by atoms with Gasteiger partial charge in [0.1, 0.15) is 5.75 Å². The van der Waals surface area contributed by atoms with Crippen LogP contribution in [0.25, 0.3) is 0 Å². The SMILES string of the molecule is Cc1cc(Cl)ccc1OCC(=O)N(C(N)=O)c1ccc(S(N)(=O)=O)cc1. The topological polar surface area (TPSA) is 133 Å². The molecule has 0 radical (unpaired) electrons. The summed E-state index contributed by atoms with van der Waals surface area (Å²) in [6.45, 7) is 1.30. The summed E-state index contributed by atoms with van der Waals surface area (Å²) in [4.78, 5) is 24.5. The van der Waals surface area contributed by atoms with E-state index < -0.39 is 28.6 Å².